The van der Waals surface area contributed by atoms with Crippen LogP contribution in [-0.2, 0) is 0 Å². The molecular weight excluding hydrogens is 175 g/mol. The van der Waals surface area contributed by atoms with Crippen molar-refractivity contribution in [2.24, 2.45) is 0 Å². The third kappa shape index (κ3) is 3.13. The molecule has 3 heteroatoms. The van der Waals surface area contributed by atoms with Gasteiger partial charge in [0.2, 0.25) is 0 Å². The molecule has 0 amide bonds. The van der Waals surface area contributed by atoms with Crippen LogP contribution in [0.1, 0.15) is 6.42 Å². The average molecular weight is 186 g/mol. The number of hydrogen-bond donors (Lipinski definition) is 1. The second-order valence-electron chi connectivity index (χ2n) is 2.38. The summed E-state index contributed by atoms with van der Waals surface area (Å²) in [6.07, 6.45) is 0.875. The van der Waals surface area contributed by atoms with E-state index in [2.05, 4.69) is 12.6 Å². The van der Waals surface area contributed by atoms with Crippen molar-refractivity contribution in [3.63, 3.8) is 0 Å². The molecule has 0 N–H and O–H groups in total. The molecule has 0 fully saturated rings. The SMILES string of the molecule is Fc1cccc(OCCCS)c1. The van der Waals surface area contributed by atoms with E-state index >= 15 is 0 Å². The molecule has 1 aromatic rings. The summed E-state index contributed by atoms with van der Waals surface area (Å²) >= 11 is 4.03. The van der Waals surface area contributed by atoms with Crippen LogP contribution in [0.3, 0.4) is 0 Å². The van der Waals surface area contributed by atoms with Gasteiger partial charge < -0.3 is 4.74 Å². The van der Waals surface area contributed by atoms with Gasteiger partial charge in [0.1, 0.15) is 11.6 Å². The van der Waals surface area contributed by atoms with E-state index in [1.807, 2.05) is 0 Å². The van der Waals surface area contributed by atoms with Gasteiger partial charge in [-0.25, -0.2) is 4.39 Å². The van der Waals surface area contributed by atoms with Gasteiger partial charge in [-0.3, -0.25) is 0 Å². The van der Waals surface area contributed by atoms with E-state index < -0.39 is 0 Å². The van der Waals surface area contributed by atoms with E-state index in [9.17, 15) is 4.39 Å². The van der Waals surface area contributed by atoms with Gasteiger partial charge in [0.25, 0.3) is 0 Å². The van der Waals surface area contributed by atoms with E-state index in [1.54, 1.807) is 12.1 Å². The highest BCUT2D eigenvalue weighted by atomic mass is 32.1. The summed E-state index contributed by atoms with van der Waals surface area (Å²) in [5.74, 6) is 1.10. The van der Waals surface area contributed by atoms with Crippen molar-refractivity contribution in [1.82, 2.24) is 0 Å². The molecular formula is C9H11FOS. The van der Waals surface area contributed by atoms with E-state index in [0.29, 0.717) is 12.4 Å². The Labute approximate surface area is 77.0 Å². The summed E-state index contributed by atoms with van der Waals surface area (Å²) in [7, 11) is 0. The predicted octanol–water partition coefficient (Wildman–Crippen LogP) is 2.52. The van der Waals surface area contributed by atoms with E-state index in [-0.39, 0.29) is 5.82 Å². The van der Waals surface area contributed by atoms with Crippen molar-refractivity contribution in [2.45, 2.75) is 6.42 Å². The summed E-state index contributed by atoms with van der Waals surface area (Å²) in [6, 6.07) is 6.14. The number of rotatable bonds is 4. The summed E-state index contributed by atoms with van der Waals surface area (Å²) < 4.78 is 17.8. The predicted molar refractivity (Wildman–Crippen MR) is 50.4 cm³/mol. The van der Waals surface area contributed by atoms with Crippen molar-refractivity contribution in [2.75, 3.05) is 12.4 Å². The van der Waals surface area contributed by atoms with Crippen LogP contribution in [-0.4, -0.2) is 12.4 Å². The Morgan fingerprint density at radius 3 is 2.92 bits per heavy atom. The van der Waals surface area contributed by atoms with Crippen LogP contribution in [0, 0.1) is 5.82 Å². The fraction of sp³-hybridized carbons (Fsp3) is 0.333. The van der Waals surface area contributed by atoms with Gasteiger partial charge in [-0.2, -0.15) is 12.6 Å². The minimum atomic E-state index is -0.265. The number of halogens is 1. The lowest BCUT2D eigenvalue weighted by Crippen LogP contribution is -1.97. The maximum Gasteiger partial charge on any atom is 0.126 e. The Morgan fingerprint density at radius 1 is 1.42 bits per heavy atom. The van der Waals surface area contributed by atoms with Crippen LogP contribution in [0.4, 0.5) is 4.39 Å². The molecule has 1 aromatic carbocycles. The molecule has 1 rings (SSSR count). The Hall–Kier alpha value is -0.700. The number of hydrogen-bond acceptors (Lipinski definition) is 2. The topological polar surface area (TPSA) is 9.23 Å². The highest BCUT2D eigenvalue weighted by Gasteiger charge is 1.94. The molecule has 0 saturated carbocycles. The van der Waals surface area contributed by atoms with E-state index in [1.165, 1.54) is 12.1 Å². The number of benzene rings is 1. The van der Waals surface area contributed by atoms with Crippen molar-refractivity contribution in [1.29, 1.82) is 0 Å². The first-order chi connectivity index (χ1) is 5.83. The Morgan fingerprint density at radius 2 is 2.25 bits per heavy atom. The quantitative estimate of drug-likeness (QED) is 0.561. The van der Waals surface area contributed by atoms with Crippen molar-refractivity contribution in [3.05, 3.63) is 30.1 Å². The molecule has 0 aromatic heterocycles. The summed E-state index contributed by atoms with van der Waals surface area (Å²) in [6.45, 7) is 0.590. The zero-order chi connectivity index (χ0) is 8.81. The summed E-state index contributed by atoms with van der Waals surface area (Å²) in [5, 5.41) is 0. The normalized spacial score (nSPS) is 9.83. The lowest BCUT2D eigenvalue weighted by Gasteiger charge is -2.03. The average Bonchev–Trinajstić information content (AvgIpc) is 2.05. The maximum absolute atomic E-state index is 12.6. The van der Waals surface area contributed by atoms with Gasteiger partial charge >= 0.3 is 0 Å². The molecule has 12 heavy (non-hydrogen) atoms. The third-order valence-corrected chi connectivity index (χ3v) is 1.68. The van der Waals surface area contributed by atoms with Gasteiger partial charge in [-0.05, 0) is 24.3 Å². The van der Waals surface area contributed by atoms with Crippen molar-refractivity contribution < 1.29 is 9.13 Å². The fourth-order valence-electron chi connectivity index (χ4n) is 0.811. The van der Waals surface area contributed by atoms with Crippen LogP contribution in [0.5, 0.6) is 5.75 Å². The zero-order valence-corrected chi connectivity index (χ0v) is 7.56. The molecule has 1 nitrogen and oxygen atoms in total. The summed E-state index contributed by atoms with van der Waals surface area (Å²) in [4.78, 5) is 0. The Balaban J connectivity index is 2.41. The molecule has 0 bridgehead atoms. The number of ether oxygens (including phenoxy) is 1. The van der Waals surface area contributed by atoms with Gasteiger partial charge in [0.15, 0.2) is 0 Å². The van der Waals surface area contributed by atoms with Gasteiger partial charge in [-0.1, -0.05) is 6.07 Å². The first-order valence-electron chi connectivity index (χ1n) is 3.82. The van der Waals surface area contributed by atoms with Crippen LogP contribution in [0.15, 0.2) is 24.3 Å². The molecule has 0 aliphatic heterocycles. The molecule has 0 aliphatic rings. The van der Waals surface area contributed by atoms with Crippen LogP contribution in [0.2, 0.25) is 0 Å². The summed E-state index contributed by atoms with van der Waals surface area (Å²) in [5.41, 5.74) is 0. The maximum atomic E-state index is 12.6. The minimum absolute atomic E-state index is 0.265. The number of thiol groups is 1. The molecule has 0 saturated heterocycles. The van der Waals surface area contributed by atoms with Crippen LogP contribution >= 0.6 is 12.6 Å². The van der Waals surface area contributed by atoms with Crippen LogP contribution in [0.25, 0.3) is 0 Å². The van der Waals surface area contributed by atoms with Crippen molar-refractivity contribution in [3.8, 4) is 5.75 Å². The Bertz CT molecular complexity index is 240. The second kappa shape index (κ2) is 5.04. The second-order valence-corrected chi connectivity index (χ2v) is 2.83. The first kappa shape index (κ1) is 9.39. The molecule has 0 heterocycles. The molecule has 0 unspecified atom stereocenters. The standard InChI is InChI=1S/C9H11FOS/c10-8-3-1-4-9(7-8)11-5-2-6-12/h1,3-4,7,12H,2,5-6H2. The van der Waals surface area contributed by atoms with Gasteiger partial charge in [-0.15, -0.1) is 0 Å². The molecule has 0 atom stereocenters. The highest BCUT2D eigenvalue weighted by molar-refractivity contribution is 7.80. The van der Waals surface area contributed by atoms with E-state index in [4.69, 9.17) is 4.74 Å². The largest absolute Gasteiger partial charge is 0.493 e. The molecule has 66 valence electrons. The van der Waals surface area contributed by atoms with Gasteiger partial charge in [0, 0.05) is 6.07 Å². The smallest absolute Gasteiger partial charge is 0.126 e. The van der Waals surface area contributed by atoms with E-state index in [0.717, 1.165) is 12.2 Å². The molecule has 0 radical (unpaired) electrons. The van der Waals surface area contributed by atoms with Crippen molar-refractivity contribution >= 4 is 12.6 Å². The zero-order valence-electron chi connectivity index (χ0n) is 6.66. The molecule has 0 spiro atoms. The lowest BCUT2D eigenvalue weighted by molar-refractivity contribution is 0.317. The lowest BCUT2D eigenvalue weighted by atomic mass is 10.3. The Kier molecular flexibility index (Phi) is 3.94. The fourth-order valence-corrected chi connectivity index (χ4v) is 0.940. The first-order valence-corrected chi connectivity index (χ1v) is 4.45. The monoisotopic (exact) mass is 186 g/mol. The minimum Gasteiger partial charge on any atom is -0.493 e. The highest BCUT2D eigenvalue weighted by Crippen LogP contribution is 2.11. The van der Waals surface area contributed by atoms with Gasteiger partial charge in [0.05, 0.1) is 6.61 Å². The molecule has 0 aliphatic carbocycles. The van der Waals surface area contributed by atoms with Crippen LogP contribution < -0.4 is 4.74 Å². The third-order valence-electron chi connectivity index (χ3n) is 1.37.